The fourth-order valence-electron chi connectivity index (χ4n) is 3.10. The quantitative estimate of drug-likeness (QED) is 0.0945. The van der Waals surface area contributed by atoms with Gasteiger partial charge in [0.15, 0.2) is 0 Å². The van der Waals surface area contributed by atoms with Gasteiger partial charge in [-0.15, -0.1) is 0 Å². The molecule has 0 unspecified atom stereocenters. The van der Waals surface area contributed by atoms with Crippen LogP contribution in [0.2, 0.25) is 0 Å². The molecule has 178 valence electrons. The van der Waals surface area contributed by atoms with Gasteiger partial charge in [0.25, 0.3) is 0 Å². The molecule has 11 heteroatoms. The monoisotopic (exact) mass is 428 g/mol. The second-order valence-corrected chi connectivity index (χ2v) is 6.97. The van der Waals surface area contributed by atoms with Crippen molar-refractivity contribution in [2.24, 2.45) is 11.5 Å². The highest BCUT2D eigenvalue weighted by atomic mass is 16.3. The summed E-state index contributed by atoms with van der Waals surface area (Å²) in [5.41, 5.74) is 10.2. The third kappa shape index (κ3) is 13.5. The predicted octanol–water partition coefficient (Wildman–Crippen LogP) is -4.23. The predicted molar refractivity (Wildman–Crippen MR) is 111 cm³/mol. The summed E-state index contributed by atoms with van der Waals surface area (Å²) in [4.78, 5) is 1.96. The van der Waals surface area contributed by atoms with E-state index in [4.69, 9.17) is 47.2 Å². The average Bonchev–Trinajstić information content (AvgIpc) is 2.67. The van der Waals surface area contributed by atoms with E-state index in [2.05, 4.69) is 5.32 Å². The Balaban J connectivity index is 0. The number of hydrogen-bond donors (Lipinski definition) is 10. The van der Waals surface area contributed by atoms with E-state index in [9.17, 15) is 0 Å². The Bertz CT molecular complexity index is 316. The molecule has 0 aliphatic heterocycles. The van der Waals surface area contributed by atoms with Crippen molar-refractivity contribution >= 4 is 0 Å². The third-order valence-electron chi connectivity index (χ3n) is 4.95. The molecular weight excluding hydrogens is 384 g/mol. The van der Waals surface area contributed by atoms with Crippen molar-refractivity contribution in [1.82, 2.24) is 10.2 Å². The average molecular weight is 429 g/mol. The van der Waals surface area contributed by atoms with E-state index < -0.39 is 11.1 Å². The van der Waals surface area contributed by atoms with Gasteiger partial charge in [-0.3, -0.25) is 4.90 Å². The van der Waals surface area contributed by atoms with Crippen molar-refractivity contribution < 1.29 is 35.7 Å². The minimum Gasteiger partial charge on any atom is -0.396 e. The maximum Gasteiger partial charge on any atom is 0.0558 e. The Labute approximate surface area is 173 Å². The molecule has 0 aliphatic carbocycles. The van der Waals surface area contributed by atoms with Crippen LogP contribution in [0.5, 0.6) is 0 Å². The van der Waals surface area contributed by atoms with Gasteiger partial charge in [0, 0.05) is 70.2 Å². The van der Waals surface area contributed by atoms with Gasteiger partial charge >= 0.3 is 0 Å². The Kier molecular flexibility index (Phi) is 20.7. The molecule has 0 bridgehead atoms. The number of nitrogens with one attached hydrogen (secondary N) is 1. The van der Waals surface area contributed by atoms with E-state index in [-0.39, 0.29) is 71.9 Å². The number of rotatable bonds is 18. The third-order valence-corrected chi connectivity index (χ3v) is 4.95. The first kappa shape index (κ1) is 30.8. The number of hydrogen-bond acceptors (Lipinski definition) is 11. The molecule has 0 saturated carbocycles. The van der Waals surface area contributed by atoms with Crippen LogP contribution >= 0.6 is 0 Å². The van der Waals surface area contributed by atoms with Crippen LogP contribution in [0.25, 0.3) is 0 Å². The Hall–Kier alpha value is -0.440. The Morgan fingerprint density at radius 3 is 1.17 bits per heavy atom. The van der Waals surface area contributed by atoms with Crippen molar-refractivity contribution in [3.8, 4) is 0 Å². The minimum absolute atomic E-state index is 0.111. The molecule has 0 aliphatic rings. The number of aliphatic hydroxyl groups excluding tert-OH is 7. The highest BCUT2D eigenvalue weighted by Gasteiger charge is 2.44. The highest BCUT2D eigenvalue weighted by Crippen LogP contribution is 2.30. The summed E-state index contributed by atoms with van der Waals surface area (Å²) >= 11 is 0. The van der Waals surface area contributed by atoms with Gasteiger partial charge in [-0.05, 0) is 25.7 Å². The molecule has 12 N–H and O–H groups in total. The van der Waals surface area contributed by atoms with Gasteiger partial charge in [0.2, 0.25) is 0 Å². The smallest absolute Gasteiger partial charge is 0.0558 e. The normalized spacial score (nSPS) is 12.2. The number of aliphatic hydroxyl groups is 7. The first-order valence-electron chi connectivity index (χ1n) is 10.1. The summed E-state index contributed by atoms with van der Waals surface area (Å²) in [5.74, 6) is 0. The van der Waals surface area contributed by atoms with Crippen molar-refractivity contribution in [3.63, 3.8) is 0 Å². The number of nitrogens with two attached hydrogens (primary N) is 2. The van der Waals surface area contributed by atoms with Crippen molar-refractivity contribution in [2.75, 3.05) is 79.0 Å². The first-order valence-corrected chi connectivity index (χ1v) is 10.1. The molecule has 0 amide bonds. The molecule has 0 heterocycles. The molecule has 29 heavy (non-hydrogen) atoms. The van der Waals surface area contributed by atoms with Crippen molar-refractivity contribution in [3.05, 3.63) is 0 Å². The van der Waals surface area contributed by atoms with E-state index in [1.165, 1.54) is 0 Å². The maximum atomic E-state index is 8.99. The Morgan fingerprint density at radius 2 is 0.897 bits per heavy atom. The van der Waals surface area contributed by atoms with Gasteiger partial charge in [-0.25, -0.2) is 0 Å². The molecule has 0 spiro atoms. The lowest BCUT2D eigenvalue weighted by molar-refractivity contribution is 0.0796. The molecule has 0 aromatic carbocycles. The molecular formula is C18H44N4O7. The second-order valence-electron chi connectivity index (χ2n) is 6.97. The fourth-order valence-corrected chi connectivity index (χ4v) is 3.10. The van der Waals surface area contributed by atoms with Gasteiger partial charge in [-0.2, -0.15) is 0 Å². The van der Waals surface area contributed by atoms with Crippen LogP contribution in [-0.4, -0.2) is 131 Å². The van der Waals surface area contributed by atoms with E-state index >= 15 is 0 Å². The summed E-state index contributed by atoms with van der Waals surface area (Å²) in [6.45, 7) is 3.08. The van der Waals surface area contributed by atoms with Crippen LogP contribution in [0.3, 0.4) is 0 Å². The van der Waals surface area contributed by atoms with Gasteiger partial charge in [-0.1, -0.05) is 0 Å². The molecule has 11 nitrogen and oxygen atoms in total. The molecule has 0 rings (SSSR count). The first-order chi connectivity index (χ1) is 13.8. The minimum atomic E-state index is -0.984. The van der Waals surface area contributed by atoms with Crippen LogP contribution in [-0.2, 0) is 0 Å². The van der Waals surface area contributed by atoms with Gasteiger partial charge < -0.3 is 52.5 Å². The van der Waals surface area contributed by atoms with Crippen LogP contribution in [0.4, 0.5) is 0 Å². The highest BCUT2D eigenvalue weighted by molar-refractivity contribution is 5.06. The van der Waals surface area contributed by atoms with E-state index in [1.807, 2.05) is 4.90 Å². The fraction of sp³-hybridized carbons (Fsp3) is 1.00. The summed E-state index contributed by atoms with van der Waals surface area (Å²) < 4.78 is 0. The zero-order valence-electron chi connectivity index (χ0n) is 17.5. The lowest BCUT2D eigenvalue weighted by Gasteiger charge is -2.45. The standard InChI is InChI=1S/C10H24N2O4.C8H20N2O3/c11-9(1-5-13,2-6-14)10(12,3-7-15)4-8-16;11-6-2-9-1-3-10(4-7-12)5-8-13/h13-16H,1-8,11-12H2;9,11-13H,1-8H2. The van der Waals surface area contributed by atoms with Crippen LogP contribution in [0.15, 0.2) is 0 Å². The number of nitrogens with zero attached hydrogens (tertiary/aromatic N) is 1. The van der Waals surface area contributed by atoms with Crippen LogP contribution in [0, 0.1) is 0 Å². The molecule has 0 radical (unpaired) electrons. The SMILES string of the molecule is NC(CCO)(CCO)C(N)(CCO)CCO.OCCNCCN(CCO)CCO. The summed E-state index contributed by atoms with van der Waals surface area (Å²) in [7, 11) is 0. The zero-order chi connectivity index (χ0) is 22.6. The van der Waals surface area contributed by atoms with Gasteiger partial charge in [0.05, 0.1) is 19.8 Å². The van der Waals surface area contributed by atoms with E-state index in [0.29, 0.717) is 19.6 Å². The topological polar surface area (TPSA) is 209 Å². The maximum absolute atomic E-state index is 8.99. The largest absolute Gasteiger partial charge is 0.396 e. The van der Waals surface area contributed by atoms with E-state index in [0.717, 1.165) is 13.1 Å². The van der Waals surface area contributed by atoms with E-state index in [1.54, 1.807) is 0 Å². The van der Waals surface area contributed by atoms with Gasteiger partial charge in [0.1, 0.15) is 0 Å². The molecule has 0 aromatic heterocycles. The molecule has 0 atom stereocenters. The molecule has 0 fully saturated rings. The lowest BCUT2D eigenvalue weighted by Crippen LogP contribution is -2.67. The zero-order valence-corrected chi connectivity index (χ0v) is 17.5. The Morgan fingerprint density at radius 1 is 0.517 bits per heavy atom. The second kappa shape index (κ2) is 19.5. The molecule has 0 saturated heterocycles. The van der Waals surface area contributed by atoms with Crippen LogP contribution < -0.4 is 16.8 Å². The summed E-state index contributed by atoms with van der Waals surface area (Å²) in [6, 6.07) is 0. The lowest BCUT2D eigenvalue weighted by atomic mass is 9.70. The molecule has 0 aromatic rings. The van der Waals surface area contributed by atoms with Crippen LogP contribution in [0.1, 0.15) is 25.7 Å². The van der Waals surface area contributed by atoms with Crippen molar-refractivity contribution in [1.29, 1.82) is 0 Å². The summed E-state index contributed by atoms with van der Waals surface area (Å²) in [6.07, 6.45) is 0.905. The van der Waals surface area contributed by atoms with Crippen molar-refractivity contribution in [2.45, 2.75) is 36.8 Å². The summed E-state index contributed by atoms with van der Waals surface area (Å²) in [5, 5.41) is 64.8.